The molecule has 7 heteroatoms. The molecule has 0 atom stereocenters. The number of aromatic nitrogens is 2. The van der Waals surface area contributed by atoms with Gasteiger partial charge in [0.2, 0.25) is 0 Å². The number of rotatable bonds is 9. The Morgan fingerprint density at radius 3 is 2.46 bits per heavy atom. The van der Waals surface area contributed by atoms with E-state index >= 15 is 0 Å². The quantitative estimate of drug-likeness (QED) is 0.496. The standard InChI is InChI=1S/C30H47N5O2/c1-22(2)35-14-11-25(12-15-35)31-30-26-21-28(36-3)24(10-7-13-34-16-18-37-19-17-34)20-27(26)32-29(33-30)23-8-5-4-6-9-23/h20-23,25H,4-19H2,1-3H3,(H,31,32,33). The number of likely N-dealkylation sites (tertiary alicyclic amines) is 1. The molecule has 1 aliphatic carbocycles. The van der Waals surface area contributed by atoms with Crippen LogP contribution in [0.5, 0.6) is 5.75 Å². The predicted octanol–water partition coefficient (Wildman–Crippen LogP) is 5.24. The smallest absolute Gasteiger partial charge is 0.138 e. The van der Waals surface area contributed by atoms with Crippen LogP contribution in [-0.4, -0.2) is 84.9 Å². The number of benzene rings is 1. The minimum atomic E-state index is 0.450. The molecular weight excluding hydrogens is 462 g/mol. The van der Waals surface area contributed by atoms with E-state index in [2.05, 4.69) is 41.1 Å². The fourth-order valence-electron chi connectivity index (χ4n) is 6.33. The van der Waals surface area contributed by atoms with E-state index in [0.717, 1.165) is 99.9 Å². The Morgan fingerprint density at radius 2 is 1.76 bits per heavy atom. The number of hydrogen-bond acceptors (Lipinski definition) is 7. The van der Waals surface area contributed by atoms with E-state index in [0.29, 0.717) is 18.0 Å². The Bertz CT molecular complexity index is 1010. The van der Waals surface area contributed by atoms with Gasteiger partial charge in [-0.2, -0.15) is 0 Å². The molecule has 5 rings (SSSR count). The Morgan fingerprint density at radius 1 is 1.00 bits per heavy atom. The van der Waals surface area contributed by atoms with Gasteiger partial charge in [-0.15, -0.1) is 0 Å². The Hall–Kier alpha value is -1.96. The van der Waals surface area contributed by atoms with E-state index in [1.54, 1.807) is 7.11 Å². The Labute approximate surface area is 223 Å². The number of ether oxygens (including phenoxy) is 2. The highest BCUT2D eigenvalue weighted by atomic mass is 16.5. The summed E-state index contributed by atoms with van der Waals surface area (Å²) >= 11 is 0. The first-order valence-corrected chi connectivity index (χ1v) is 14.8. The van der Waals surface area contributed by atoms with Crippen LogP contribution in [0, 0.1) is 0 Å². The average Bonchev–Trinajstić information content (AvgIpc) is 2.94. The van der Waals surface area contributed by atoms with Gasteiger partial charge in [-0.1, -0.05) is 19.3 Å². The summed E-state index contributed by atoms with van der Waals surface area (Å²) in [6.45, 7) is 11.8. The van der Waals surface area contributed by atoms with Crippen molar-refractivity contribution in [2.24, 2.45) is 0 Å². The summed E-state index contributed by atoms with van der Waals surface area (Å²) in [5.41, 5.74) is 2.33. The van der Waals surface area contributed by atoms with Crippen LogP contribution >= 0.6 is 0 Å². The highest BCUT2D eigenvalue weighted by Gasteiger charge is 2.25. The van der Waals surface area contributed by atoms with Crippen LogP contribution in [0.3, 0.4) is 0 Å². The van der Waals surface area contributed by atoms with Gasteiger partial charge in [0.1, 0.15) is 17.4 Å². The average molecular weight is 510 g/mol. The first-order chi connectivity index (χ1) is 18.1. The molecule has 1 aromatic heterocycles. The number of fused-ring (bicyclic) bond motifs is 1. The minimum Gasteiger partial charge on any atom is -0.496 e. The number of hydrogen-bond donors (Lipinski definition) is 1. The lowest BCUT2D eigenvalue weighted by Crippen LogP contribution is -2.42. The van der Waals surface area contributed by atoms with E-state index < -0.39 is 0 Å². The molecular formula is C30H47N5O2. The first-order valence-electron chi connectivity index (χ1n) is 14.8. The van der Waals surface area contributed by atoms with Crippen LogP contribution in [0.2, 0.25) is 0 Å². The maximum Gasteiger partial charge on any atom is 0.138 e. The summed E-state index contributed by atoms with van der Waals surface area (Å²) in [6, 6.07) is 5.54. The van der Waals surface area contributed by atoms with Crippen LogP contribution < -0.4 is 10.1 Å². The zero-order valence-corrected chi connectivity index (χ0v) is 23.3. The van der Waals surface area contributed by atoms with Crippen LogP contribution in [0.15, 0.2) is 12.1 Å². The van der Waals surface area contributed by atoms with E-state index in [4.69, 9.17) is 19.4 Å². The highest BCUT2D eigenvalue weighted by molar-refractivity contribution is 5.91. The lowest BCUT2D eigenvalue weighted by molar-refractivity contribution is 0.0374. The lowest BCUT2D eigenvalue weighted by atomic mass is 9.88. The summed E-state index contributed by atoms with van der Waals surface area (Å²) in [6.07, 6.45) is 10.8. The number of anilines is 1. The summed E-state index contributed by atoms with van der Waals surface area (Å²) in [5, 5.41) is 4.96. The molecule has 3 heterocycles. The number of nitrogens with zero attached hydrogens (tertiary/aromatic N) is 4. The molecule has 1 N–H and O–H groups in total. The number of aryl methyl sites for hydroxylation is 1. The zero-order valence-electron chi connectivity index (χ0n) is 23.3. The second-order valence-electron chi connectivity index (χ2n) is 11.6. The monoisotopic (exact) mass is 509 g/mol. The van der Waals surface area contributed by atoms with Gasteiger partial charge in [-0.25, -0.2) is 9.97 Å². The zero-order chi connectivity index (χ0) is 25.6. The molecule has 0 unspecified atom stereocenters. The van der Waals surface area contributed by atoms with Gasteiger partial charge in [0, 0.05) is 49.6 Å². The molecule has 2 aliphatic heterocycles. The van der Waals surface area contributed by atoms with Gasteiger partial charge in [-0.3, -0.25) is 4.90 Å². The van der Waals surface area contributed by atoms with Gasteiger partial charge >= 0.3 is 0 Å². The number of nitrogens with one attached hydrogen (secondary N) is 1. The molecule has 2 saturated heterocycles. The normalized spacial score (nSPS) is 21.1. The number of morpholine rings is 1. The Kier molecular flexibility index (Phi) is 9.16. The molecule has 0 radical (unpaired) electrons. The van der Waals surface area contributed by atoms with Crippen LogP contribution in [0.4, 0.5) is 5.82 Å². The molecule has 3 aliphatic rings. The third kappa shape index (κ3) is 6.73. The van der Waals surface area contributed by atoms with Gasteiger partial charge in [-0.05, 0) is 76.6 Å². The van der Waals surface area contributed by atoms with Crippen molar-refractivity contribution < 1.29 is 9.47 Å². The van der Waals surface area contributed by atoms with Crippen molar-refractivity contribution in [3.63, 3.8) is 0 Å². The predicted molar refractivity (Wildman–Crippen MR) is 151 cm³/mol. The third-order valence-corrected chi connectivity index (χ3v) is 8.71. The van der Waals surface area contributed by atoms with Crippen LogP contribution in [0.25, 0.3) is 10.9 Å². The van der Waals surface area contributed by atoms with Gasteiger partial charge < -0.3 is 19.7 Å². The summed E-state index contributed by atoms with van der Waals surface area (Å²) in [5.74, 6) is 3.49. The Balaban J connectivity index is 1.39. The highest BCUT2D eigenvalue weighted by Crippen LogP contribution is 2.36. The van der Waals surface area contributed by atoms with Crippen molar-refractivity contribution >= 4 is 16.7 Å². The van der Waals surface area contributed by atoms with E-state index in [1.165, 1.54) is 37.7 Å². The second-order valence-corrected chi connectivity index (χ2v) is 11.6. The SMILES string of the molecule is COc1cc2c(NC3CCN(C(C)C)CC3)nc(C3CCCCC3)nc2cc1CCCN1CCOCC1. The molecule has 0 bridgehead atoms. The summed E-state index contributed by atoms with van der Waals surface area (Å²) in [4.78, 5) is 15.5. The second kappa shape index (κ2) is 12.7. The molecule has 204 valence electrons. The van der Waals surface area contributed by atoms with Crippen molar-refractivity contribution in [2.75, 3.05) is 58.4 Å². The largest absolute Gasteiger partial charge is 0.496 e. The van der Waals surface area contributed by atoms with Crippen molar-refractivity contribution in [3.8, 4) is 5.75 Å². The molecule has 1 aromatic carbocycles. The van der Waals surface area contributed by atoms with Gasteiger partial charge in [0.15, 0.2) is 0 Å². The molecule has 37 heavy (non-hydrogen) atoms. The van der Waals surface area contributed by atoms with Crippen molar-refractivity contribution in [3.05, 3.63) is 23.5 Å². The van der Waals surface area contributed by atoms with Crippen molar-refractivity contribution in [1.29, 1.82) is 0 Å². The van der Waals surface area contributed by atoms with Gasteiger partial charge in [0.25, 0.3) is 0 Å². The fourth-order valence-corrected chi connectivity index (χ4v) is 6.33. The number of piperidine rings is 1. The van der Waals surface area contributed by atoms with Gasteiger partial charge in [0.05, 0.1) is 25.8 Å². The van der Waals surface area contributed by atoms with E-state index in [-0.39, 0.29) is 0 Å². The number of methoxy groups -OCH3 is 1. The molecule has 0 spiro atoms. The molecule has 0 amide bonds. The minimum absolute atomic E-state index is 0.450. The van der Waals surface area contributed by atoms with E-state index in [9.17, 15) is 0 Å². The molecule has 3 fully saturated rings. The van der Waals surface area contributed by atoms with Crippen LogP contribution in [0.1, 0.15) is 82.5 Å². The summed E-state index contributed by atoms with van der Waals surface area (Å²) < 4.78 is 11.4. The van der Waals surface area contributed by atoms with Crippen molar-refractivity contribution in [1.82, 2.24) is 19.8 Å². The molecule has 1 saturated carbocycles. The van der Waals surface area contributed by atoms with Crippen LogP contribution in [-0.2, 0) is 11.2 Å². The summed E-state index contributed by atoms with van der Waals surface area (Å²) in [7, 11) is 1.79. The topological polar surface area (TPSA) is 62.8 Å². The maximum atomic E-state index is 5.90. The third-order valence-electron chi connectivity index (χ3n) is 8.71. The lowest BCUT2D eigenvalue weighted by Gasteiger charge is -2.35. The molecule has 2 aromatic rings. The molecule has 7 nitrogen and oxygen atoms in total. The van der Waals surface area contributed by atoms with E-state index in [1.807, 2.05) is 0 Å². The first kappa shape index (κ1) is 26.6. The fraction of sp³-hybridized carbons (Fsp3) is 0.733. The maximum absolute atomic E-state index is 5.90. The van der Waals surface area contributed by atoms with Crippen molar-refractivity contribution in [2.45, 2.75) is 89.6 Å².